The van der Waals surface area contributed by atoms with Gasteiger partial charge in [-0.3, -0.25) is 24.1 Å². The first-order valence-electron chi connectivity index (χ1n) is 16.9. The van der Waals surface area contributed by atoms with Gasteiger partial charge in [-0.2, -0.15) is 0 Å². The highest BCUT2D eigenvalue weighted by atomic mass is 16.5. The first-order valence-corrected chi connectivity index (χ1v) is 16.9. The summed E-state index contributed by atoms with van der Waals surface area (Å²) in [5.41, 5.74) is 7.53. The van der Waals surface area contributed by atoms with Gasteiger partial charge in [0, 0.05) is 6.04 Å². The first-order chi connectivity index (χ1) is 22.9. The van der Waals surface area contributed by atoms with Crippen LogP contribution in [0.2, 0.25) is 0 Å². The zero-order valence-corrected chi connectivity index (χ0v) is 28.8. The average Bonchev–Trinajstić information content (AvgIpc) is 3.47. The summed E-state index contributed by atoms with van der Waals surface area (Å²) in [6.45, 7) is 14.7. The molecule has 0 saturated carbocycles. The number of carbonyl (C=O) groups excluding carboxylic acids is 4. The van der Waals surface area contributed by atoms with Crippen molar-refractivity contribution in [2.45, 2.75) is 85.6 Å². The maximum atomic E-state index is 13.7. The van der Waals surface area contributed by atoms with Crippen molar-refractivity contribution >= 4 is 29.3 Å². The van der Waals surface area contributed by atoms with Crippen molar-refractivity contribution in [2.75, 3.05) is 4.90 Å². The number of hydrogen-bond donors (Lipinski definition) is 0. The van der Waals surface area contributed by atoms with E-state index < -0.39 is 11.8 Å². The quantitative estimate of drug-likeness (QED) is 0.161. The molecule has 2 aliphatic heterocycles. The summed E-state index contributed by atoms with van der Waals surface area (Å²) >= 11 is 0. The zero-order chi connectivity index (χ0) is 34.5. The monoisotopic (exact) mass is 642 g/mol. The second kappa shape index (κ2) is 12.5. The first kappa shape index (κ1) is 32.9. The molecule has 4 aromatic carbocycles. The highest BCUT2D eigenvalue weighted by molar-refractivity contribution is 6.34. The fraction of sp³-hybridized carbons (Fsp3) is 0.317. The molecule has 0 aromatic heterocycles. The van der Waals surface area contributed by atoms with Gasteiger partial charge in [0.15, 0.2) is 0 Å². The van der Waals surface area contributed by atoms with Crippen LogP contribution >= 0.6 is 0 Å². The molecule has 2 heterocycles. The lowest BCUT2D eigenvalue weighted by molar-refractivity contribution is 0.0592. The minimum atomic E-state index is -0.429. The summed E-state index contributed by atoms with van der Waals surface area (Å²) in [7, 11) is 0. The molecule has 4 amide bonds. The smallest absolute Gasteiger partial charge is 0.266 e. The number of rotatable bonds is 10. The van der Waals surface area contributed by atoms with Gasteiger partial charge in [0.05, 0.1) is 27.9 Å². The third-order valence-electron chi connectivity index (χ3n) is 10.3. The minimum absolute atomic E-state index is 0.142. The molecule has 0 saturated heterocycles. The molecule has 0 radical (unpaired) electrons. The summed E-state index contributed by atoms with van der Waals surface area (Å²) in [5.74, 6) is -0.780. The SMILES string of the molecule is CCCC(C)(CC)c1ccc(-c2ccc(N3C(=O)c4ccc(Oc5ccc6c(c5)C(=O)N(C(C)CC)C6=O)cc4C3=O)cc2C)c(C)c1. The Morgan fingerprint density at radius 2 is 1.17 bits per heavy atom. The molecule has 4 aromatic rings. The molecule has 2 aliphatic rings. The van der Waals surface area contributed by atoms with Gasteiger partial charge in [0.1, 0.15) is 11.5 Å². The largest absolute Gasteiger partial charge is 0.457 e. The van der Waals surface area contributed by atoms with E-state index in [9.17, 15) is 19.2 Å². The van der Waals surface area contributed by atoms with Crippen LogP contribution in [0.3, 0.4) is 0 Å². The molecule has 6 rings (SSSR count). The van der Waals surface area contributed by atoms with Crippen LogP contribution in [0.15, 0.2) is 72.8 Å². The van der Waals surface area contributed by atoms with Crippen LogP contribution in [-0.4, -0.2) is 34.6 Å². The number of ether oxygens (including phenoxy) is 1. The van der Waals surface area contributed by atoms with Gasteiger partial charge >= 0.3 is 0 Å². The maximum absolute atomic E-state index is 13.7. The van der Waals surface area contributed by atoms with Crippen LogP contribution < -0.4 is 9.64 Å². The number of aryl methyl sites for hydroxylation is 2. The summed E-state index contributed by atoms with van der Waals surface area (Å²) in [4.78, 5) is 55.5. The average molecular weight is 643 g/mol. The van der Waals surface area contributed by atoms with Gasteiger partial charge in [-0.15, -0.1) is 0 Å². The molecule has 0 aliphatic carbocycles. The molecule has 0 bridgehead atoms. The lowest BCUT2D eigenvalue weighted by Gasteiger charge is -2.29. The van der Waals surface area contributed by atoms with Crippen LogP contribution in [-0.2, 0) is 5.41 Å². The number of imide groups is 2. The Morgan fingerprint density at radius 3 is 1.73 bits per heavy atom. The summed E-state index contributed by atoms with van der Waals surface area (Å²) < 4.78 is 6.04. The fourth-order valence-corrected chi connectivity index (χ4v) is 7.05. The molecular weight excluding hydrogens is 600 g/mol. The molecular formula is C41H42N2O5. The van der Waals surface area contributed by atoms with E-state index in [0.717, 1.165) is 36.0 Å². The standard InChI is InChI=1S/C41H42N2O5/c1-8-19-41(7,10-3)27-11-15-31(24(4)20-27)32-16-12-28(21-25(32)5)43-38(45)34-18-14-30(23-36(34)40(43)47)48-29-13-17-33-35(22-29)39(46)42(37(33)44)26(6)9-2/h11-18,20-23,26H,8-10,19H2,1-7H3. The van der Waals surface area contributed by atoms with Crippen molar-refractivity contribution in [2.24, 2.45) is 0 Å². The van der Waals surface area contributed by atoms with Crippen molar-refractivity contribution < 1.29 is 23.9 Å². The van der Waals surface area contributed by atoms with Crippen LogP contribution in [0.25, 0.3) is 11.1 Å². The van der Waals surface area contributed by atoms with E-state index in [-0.39, 0.29) is 34.4 Å². The van der Waals surface area contributed by atoms with E-state index in [0.29, 0.717) is 34.7 Å². The molecule has 0 spiro atoms. The maximum Gasteiger partial charge on any atom is 0.266 e. The van der Waals surface area contributed by atoms with Crippen molar-refractivity contribution in [3.63, 3.8) is 0 Å². The number of hydrogen-bond acceptors (Lipinski definition) is 5. The Balaban J connectivity index is 1.23. The number of anilines is 1. The minimum Gasteiger partial charge on any atom is -0.457 e. The van der Waals surface area contributed by atoms with Gasteiger partial charge in [-0.25, -0.2) is 4.90 Å². The number of nitrogens with zero attached hydrogens (tertiary/aromatic N) is 2. The molecule has 0 N–H and O–H groups in total. The predicted octanol–water partition coefficient (Wildman–Crippen LogP) is 9.43. The number of fused-ring (bicyclic) bond motifs is 2. The third-order valence-corrected chi connectivity index (χ3v) is 10.3. The van der Waals surface area contributed by atoms with E-state index in [1.807, 2.05) is 39.0 Å². The molecule has 2 atom stereocenters. The third kappa shape index (κ3) is 5.41. The van der Waals surface area contributed by atoms with Gasteiger partial charge in [0.2, 0.25) is 0 Å². The molecule has 7 nitrogen and oxygen atoms in total. The number of amides is 4. The summed E-state index contributed by atoms with van der Waals surface area (Å²) in [6, 6.07) is 21.8. The van der Waals surface area contributed by atoms with E-state index in [1.54, 1.807) is 36.4 Å². The molecule has 246 valence electrons. The molecule has 2 unspecified atom stereocenters. The Kier molecular flexibility index (Phi) is 8.58. The zero-order valence-electron chi connectivity index (χ0n) is 28.8. The van der Waals surface area contributed by atoms with Crippen LogP contribution in [0.1, 0.15) is 118 Å². The lowest BCUT2D eigenvalue weighted by atomic mass is 9.75. The van der Waals surface area contributed by atoms with Crippen molar-refractivity contribution in [1.29, 1.82) is 0 Å². The fourth-order valence-electron chi connectivity index (χ4n) is 7.05. The predicted molar refractivity (Wildman–Crippen MR) is 188 cm³/mol. The van der Waals surface area contributed by atoms with Gasteiger partial charge < -0.3 is 4.74 Å². The van der Waals surface area contributed by atoms with E-state index in [4.69, 9.17) is 4.74 Å². The number of benzene rings is 4. The van der Waals surface area contributed by atoms with Crippen molar-refractivity contribution in [3.05, 3.63) is 112 Å². The molecule has 0 fully saturated rings. The number of carbonyl (C=O) groups is 4. The highest BCUT2D eigenvalue weighted by Gasteiger charge is 2.39. The molecule has 7 heteroatoms. The van der Waals surface area contributed by atoms with Crippen molar-refractivity contribution in [3.8, 4) is 22.6 Å². The lowest BCUT2D eigenvalue weighted by Crippen LogP contribution is -2.37. The normalized spacial score (nSPS) is 15.9. The van der Waals surface area contributed by atoms with Gasteiger partial charge in [0.25, 0.3) is 23.6 Å². The van der Waals surface area contributed by atoms with E-state index >= 15 is 0 Å². The van der Waals surface area contributed by atoms with Gasteiger partial charge in [-0.1, -0.05) is 58.4 Å². The Bertz CT molecular complexity index is 2000. The second-order valence-electron chi connectivity index (χ2n) is 13.4. The van der Waals surface area contributed by atoms with Crippen molar-refractivity contribution in [1.82, 2.24) is 4.90 Å². The Hall–Kier alpha value is -5.04. The van der Waals surface area contributed by atoms with E-state index in [1.165, 1.54) is 20.9 Å². The second-order valence-corrected chi connectivity index (χ2v) is 13.4. The molecule has 48 heavy (non-hydrogen) atoms. The summed E-state index contributed by atoms with van der Waals surface area (Å²) in [6.07, 6.45) is 4.01. The Labute approximate surface area is 282 Å². The Morgan fingerprint density at radius 1 is 0.646 bits per heavy atom. The highest BCUT2D eigenvalue weighted by Crippen LogP contribution is 2.39. The van der Waals surface area contributed by atoms with Crippen LogP contribution in [0, 0.1) is 13.8 Å². The van der Waals surface area contributed by atoms with E-state index in [2.05, 4.69) is 45.9 Å². The summed E-state index contributed by atoms with van der Waals surface area (Å²) in [5, 5.41) is 0. The van der Waals surface area contributed by atoms with Crippen LogP contribution in [0.4, 0.5) is 5.69 Å². The van der Waals surface area contributed by atoms with Gasteiger partial charge in [-0.05, 0) is 122 Å². The topological polar surface area (TPSA) is 84.0 Å². The van der Waals surface area contributed by atoms with Crippen LogP contribution in [0.5, 0.6) is 11.5 Å².